The van der Waals surface area contributed by atoms with Crippen LogP contribution in [0, 0.1) is 20.9 Å². The monoisotopic (exact) mass is 409 g/mol. The fraction of sp³-hybridized carbons (Fsp3) is 0.478. The van der Waals surface area contributed by atoms with Gasteiger partial charge in [0.2, 0.25) is 0 Å². The highest BCUT2D eigenvalue weighted by Crippen LogP contribution is 2.50. The fourth-order valence-corrected chi connectivity index (χ4v) is 4.85. The van der Waals surface area contributed by atoms with E-state index in [2.05, 4.69) is 19.2 Å². The molecule has 0 radical (unpaired) electrons. The molecule has 0 spiro atoms. The smallest absolute Gasteiger partial charge is 0.316 e. The van der Waals surface area contributed by atoms with Crippen molar-refractivity contribution in [3.8, 4) is 11.3 Å². The maximum Gasteiger partial charge on any atom is 0.316 e. The number of hydrogen-bond acceptors (Lipinski definition) is 5. The maximum atomic E-state index is 13.1. The van der Waals surface area contributed by atoms with Crippen molar-refractivity contribution in [3.63, 3.8) is 0 Å². The minimum atomic E-state index is -1.10. The first kappa shape index (κ1) is 20.3. The molecule has 4 rings (SSSR count). The van der Waals surface area contributed by atoms with Gasteiger partial charge >= 0.3 is 5.69 Å². The van der Waals surface area contributed by atoms with Crippen LogP contribution in [0.5, 0.6) is 0 Å². The summed E-state index contributed by atoms with van der Waals surface area (Å²) in [7, 11) is 0. The van der Waals surface area contributed by atoms with E-state index < -0.39 is 16.3 Å². The number of rotatable bonds is 3. The van der Waals surface area contributed by atoms with E-state index in [1.54, 1.807) is 0 Å². The largest absolute Gasteiger partial charge is 0.365 e. The van der Waals surface area contributed by atoms with E-state index in [0.717, 1.165) is 5.56 Å². The Kier molecular flexibility index (Phi) is 4.60. The second-order valence-electron chi connectivity index (χ2n) is 10.1. The summed E-state index contributed by atoms with van der Waals surface area (Å²) >= 11 is 0. The van der Waals surface area contributed by atoms with E-state index in [1.165, 1.54) is 0 Å². The zero-order valence-electron chi connectivity index (χ0n) is 17.8. The number of hydrogen-bond donors (Lipinski definition) is 1. The molecule has 0 unspecified atom stereocenters. The molecule has 1 aliphatic carbocycles. The van der Waals surface area contributed by atoms with E-state index >= 15 is 0 Å². The molecule has 1 saturated carbocycles. The number of aromatic nitrogens is 1. The van der Waals surface area contributed by atoms with Crippen LogP contribution in [-0.4, -0.2) is 27.6 Å². The molecule has 0 atom stereocenters. The molecule has 2 aliphatic rings. The Bertz CT molecular complexity index is 1030. The molecule has 30 heavy (non-hydrogen) atoms. The molecule has 7 heteroatoms. The van der Waals surface area contributed by atoms with E-state index in [-0.39, 0.29) is 41.1 Å². The summed E-state index contributed by atoms with van der Waals surface area (Å²) in [6.45, 7) is 9.08. The summed E-state index contributed by atoms with van der Waals surface area (Å²) in [6, 6.07) is 9.34. The number of Topliss-reactive ketones (excluding diaryl/α,β-unsaturated/α-hetero) is 2. The van der Waals surface area contributed by atoms with Crippen LogP contribution >= 0.6 is 0 Å². The summed E-state index contributed by atoms with van der Waals surface area (Å²) in [5.74, 6) is -1.19. The second kappa shape index (κ2) is 6.79. The summed E-state index contributed by atoms with van der Waals surface area (Å²) in [5, 5.41) is 15.4. The normalized spacial score (nSPS) is 20.5. The van der Waals surface area contributed by atoms with Crippen LogP contribution < -0.4 is 5.32 Å². The molecule has 0 saturated heterocycles. The summed E-state index contributed by atoms with van der Waals surface area (Å²) in [4.78, 5) is 38.1. The standard InChI is InChI=1S/C23H27N3O4/c1-22(2)10-15(27)17(16(28)11-22)18-19(14-8-6-5-7-9-14)25-13-23(3,4)12-24-21(25)20(18)26(29)30/h5-9,17,24H,10-13H2,1-4H3. The number of nitrogens with zero attached hydrogens (tertiary/aromatic N) is 2. The molecule has 1 aromatic heterocycles. The van der Waals surface area contributed by atoms with Gasteiger partial charge in [0.1, 0.15) is 17.5 Å². The van der Waals surface area contributed by atoms with Gasteiger partial charge in [0.05, 0.1) is 16.2 Å². The number of benzene rings is 1. The highest BCUT2D eigenvalue weighted by Gasteiger charge is 2.48. The average molecular weight is 409 g/mol. The first-order valence-electron chi connectivity index (χ1n) is 10.3. The van der Waals surface area contributed by atoms with Crippen LogP contribution in [0.4, 0.5) is 11.5 Å². The van der Waals surface area contributed by atoms with Gasteiger partial charge in [-0.1, -0.05) is 58.0 Å². The van der Waals surface area contributed by atoms with E-state index in [0.29, 0.717) is 24.6 Å². The Hall–Kier alpha value is -2.96. The van der Waals surface area contributed by atoms with E-state index in [9.17, 15) is 19.7 Å². The van der Waals surface area contributed by atoms with Crippen LogP contribution in [0.15, 0.2) is 30.3 Å². The third kappa shape index (κ3) is 3.32. The van der Waals surface area contributed by atoms with Crippen molar-refractivity contribution in [2.24, 2.45) is 10.8 Å². The van der Waals surface area contributed by atoms with Crippen molar-refractivity contribution in [2.45, 2.75) is 53.0 Å². The quantitative estimate of drug-likeness (QED) is 0.456. The van der Waals surface area contributed by atoms with Gasteiger partial charge in [-0.25, -0.2) is 0 Å². The molecule has 0 amide bonds. The molecule has 1 fully saturated rings. The highest BCUT2D eigenvalue weighted by atomic mass is 16.6. The number of anilines is 1. The summed E-state index contributed by atoms with van der Waals surface area (Å²) in [5.41, 5.74) is 0.915. The lowest BCUT2D eigenvalue weighted by molar-refractivity contribution is -0.384. The molecule has 7 nitrogen and oxygen atoms in total. The van der Waals surface area contributed by atoms with E-state index in [4.69, 9.17) is 0 Å². The van der Waals surface area contributed by atoms with Crippen LogP contribution in [0.1, 0.15) is 52.0 Å². The van der Waals surface area contributed by atoms with Gasteiger partial charge in [-0.15, -0.1) is 0 Å². The Balaban J connectivity index is 2.03. The number of nitro groups is 1. The van der Waals surface area contributed by atoms with E-state index in [1.807, 2.05) is 48.7 Å². The number of carbonyl (C=O) groups is 2. The molecular weight excluding hydrogens is 382 g/mol. The van der Waals surface area contributed by atoms with Gasteiger partial charge in [-0.3, -0.25) is 19.7 Å². The SMILES string of the molecule is CC1(C)CC(=O)C(c2c([N+](=O)[O-])c3n(c2-c2ccccc2)CC(C)(C)CN3)C(=O)C1. The minimum absolute atomic E-state index is 0.136. The first-order valence-corrected chi connectivity index (χ1v) is 10.3. The topological polar surface area (TPSA) is 94.2 Å². The Labute approximate surface area is 175 Å². The Morgan fingerprint density at radius 3 is 2.20 bits per heavy atom. The fourth-order valence-electron chi connectivity index (χ4n) is 4.85. The Morgan fingerprint density at radius 2 is 1.63 bits per heavy atom. The summed E-state index contributed by atoms with van der Waals surface area (Å²) in [6.07, 6.45) is 0.461. The molecule has 1 N–H and O–H groups in total. The molecule has 1 aromatic carbocycles. The first-order chi connectivity index (χ1) is 14.0. The van der Waals surface area contributed by atoms with Crippen molar-refractivity contribution in [3.05, 3.63) is 46.0 Å². The zero-order valence-corrected chi connectivity index (χ0v) is 17.8. The lowest BCUT2D eigenvalue weighted by Gasteiger charge is -2.33. The Morgan fingerprint density at radius 1 is 1.03 bits per heavy atom. The molecule has 2 heterocycles. The molecule has 2 aromatic rings. The van der Waals surface area contributed by atoms with Gasteiger partial charge in [-0.05, 0) is 11.0 Å². The van der Waals surface area contributed by atoms with Crippen molar-refractivity contribution in [2.75, 3.05) is 11.9 Å². The van der Waals surface area contributed by atoms with Gasteiger partial charge in [0, 0.05) is 31.3 Å². The van der Waals surface area contributed by atoms with Gasteiger partial charge in [0.25, 0.3) is 0 Å². The lowest BCUT2D eigenvalue weighted by atomic mass is 9.69. The number of ketones is 2. The van der Waals surface area contributed by atoms with Crippen molar-refractivity contribution >= 4 is 23.1 Å². The lowest BCUT2D eigenvalue weighted by Crippen LogP contribution is -2.36. The third-order valence-corrected chi connectivity index (χ3v) is 6.06. The second-order valence-corrected chi connectivity index (χ2v) is 10.1. The molecule has 158 valence electrons. The number of nitrogens with one attached hydrogen (secondary N) is 1. The maximum absolute atomic E-state index is 13.1. The van der Waals surface area contributed by atoms with Crippen molar-refractivity contribution in [1.29, 1.82) is 0 Å². The average Bonchev–Trinajstić information content (AvgIpc) is 2.93. The van der Waals surface area contributed by atoms with Gasteiger partial charge < -0.3 is 9.88 Å². The summed E-state index contributed by atoms with van der Waals surface area (Å²) < 4.78 is 1.90. The van der Waals surface area contributed by atoms with Crippen molar-refractivity contribution in [1.82, 2.24) is 4.57 Å². The third-order valence-electron chi connectivity index (χ3n) is 6.06. The predicted molar refractivity (Wildman–Crippen MR) is 115 cm³/mol. The predicted octanol–water partition coefficient (Wildman–Crippen LogP) is 4.56. The van der Waals surface area contributed by atoms with Gasteiger partial charge in [-0.2, -0.15) is 0 Å². The van der Waals surface area contributed by atoms with Crippen LogP contribution in [0.2, 0.25) is 0 Å². The zero-order chi connectivity index (χ0) is 21.8. The minimum Gasteiger partial charge on any atom is -0.365 e. The van der Waals surface area contributed by atoms with Crippen LogP contribution in [0.25, 0.3) is 11.3 Å². The van der Waals surface area contributed by atoms with Gasteiger partial charge in [0.15, 0.2) is 5.82 Å². The highest BCUT2D eigenvalue weighted by molar-refractivity contribution is 6.12. The van der Waals surface area contributed by atoms with Crippen LogP contribution in [-0.2, 0) is 16.1 Å². The molecule has 1 aliphatic heterocycles. The van der Waals surface area contributed by atoms with Crippen LogP contribution in [0.3, 0.4) is 0 Å². The molecular formula is C23H27N3O4. The number of carbonyl (C=O) groups excluding carboxylic acids is 2. The molecule has 0 bridgehead atoms. The van der Waals surface area contributed by atoms with Crippen molar-refractivity contribution < 1.29 is 14.5 Å². The number of fused-ring (bicyclic) bond motifs is 1.